The van der Waals surface area contributed by atoms with Gasteiger partial charge in [0.1, 0.15) is 0 Å². The van der Waals surface area contributed by atoms with Crippen molar-refractivity contribution in [2.75, 3.05) is 25.1 Å². The van der Waals surface area contributed by atoms with Crippen molar-refractivity contribution in [1.82, 2.24) is 5.32 Å². The summed E-state index contributed by atoms with van der Waals surface area (Å²) in [7, 11) is 0. The Kier molecular flexibility index (Phi) is 6.19. The zero-order chi connectivity index (χ0) is 17.5. The summed E-state index contributed by atoms with van der Waals surface area (Å²) in [5, 5.41) is 7.55. The molecule has 1 aliphatic rings. The lowest BCUT2D eigenvalue weighted by atomic mass is 10.2. The Morgan fingerprint density at radius 1 is 1.16 bits per heavy atom. The highest BCUT2D eigenvalue weighted by atomic mass is 32.1. The highest BCUT2D eigenvalue weighted by Gasteiger charge is 2.20. The van der Waals surface area contributed by atoms with Crippen molar-refractivity contribution < 1.29 is 14.3 Å². The first-order valence-electron chi connectivity index (χ1n) is 8.53. The van der Waals surface area contributed by atoms with Crippen LogP contribution >= 0.6 is 11.3 Å². The van der Waals surface area contributed by atoms with E-state index in [1.165, 1.54) is 24.2 Å². The lowest BCUT2D eigenvalue weighted by Gasteiger charge is -2.08. The van der Waals surface area contributed by atoms with E-state index < -0.39 is 0 Å². The predicted molar refractivity (Wildman–Crippen MR) is 99.2 cm³/mol. The van der Waals surface area contributed by atoms with Crippen LogP contribution in [0.3, 0.4) is 0 Å². The van der Waals surface area contributed by atoms with Gasteiger partial charge >= 0.3 is 0 Å². The number of amides is 2. The number of ether oxygens (including phenoxy) is 1. The second-order valence-corrected chi connectivity index (χ2v) is 7.09. The van der Waals surface area contributed by atoms with Crippen molar-refractivity contribution in [3.8, 4) is 0 Å². The van der Waals surface area contributed by atoms with E-state index in [0.717, 1.165) is 18.9 Å². The molecular formula is C19H22N2O3S. The molecule has 0 aliphatic heterocycles. The Morgan fingerprint density at radius 2 is 2.04 bits per heavy atom. The molecule has 0 bridgehead atoms. The summed E-state index contributed by atoms with van der Waals surface area (Å²) in [5.74, 6) is 0.455. The monoisotopic (exact) mass is 358 g/mol. The highest BCUT2D eigenvalue weighted by molar-refractivity contribution is 7.12. The molecule has 1 aromatic carbocycles. The van der Waals surface area contributed by atoms with Crippen molar-refractivity contribution in [3.05, 3.63) is 52.2 Å². The van der Waals surface area contributed by atoms with Gasteiger partial charge in [-0.15, -0.1) is 11.3 Å². The molecule has 2 amide bonds. The van der Waals surface area contributed by atoms with Crippen molar-refractivity contribution in [1.29, 1.82) is 0 Å². The van der Waals surface area contributed by atoms with E-state index in [1.807, 2.05) is 11.4 Å². The number of nitrogens with one attached hydrogen (secondary N) is 2. The number of carbonyl (C=O) groups is 2. The molecule has 3 rings (SSSR count). The highest BCUT2D eigenvalue weighted by Crippen LogP contribution is 2.28. The molecule has 0 spiro atoms. The van der Waals surface area contributed by atoms with Gasteiger partial charge in [-0.05, 0) is 54.8 Å². The van der Waals surface area contributed by atoms with E-state index in [0.29, 0.717) is 29.3 Å². The summed E-state index contributed by atoms with van der Waals surface area (Å²) >= 11 is 1.38. The number of benzene rings is 1. The van der Waals surface area contributed by atoms with Crippen LogP contribution in [-0.4, -0.2) is 31.6 Å². The molecule has 1 aliphatic carbocycles. The Balaban J connectivity index is 1.43. The maximum Gasteiger partial charge on any atom is 0.265 e. The molecule has 25 heavy (non-hydrogen) atoms. The third-order valence-electron chi connectivity index (χ3n) is 3.93. The minimum absolute atomic E-state index is 0.144. The van der Waals surface area contributed by atoms with E-state index in [9.17, 15) is 9.59 Å². The van der Waals surface area contributed by atoms with Gasteiger partial charge in [0.2, 0.25) is 0 Å². The molecule has 0 atom stereocenters. The summed E-state index contributed by atoms with van der Waals surface area (Å²) in [4.78, 5) is 24.9. The van der Waals surface area contributed by atoms with Crippen LogP contribution in [0.5, 0.6) is 0 Å². The fourth-order valence-corrected chi connectivity index (χ4v) is 2.97. The van der Waals surface area contributed by atoms with E-state index in [1.54, 1.807) is 30.3 Å². The van der Waals surface area contributed by atoms with Crippen LogP contribution in [0.2, 0.25) is 0 Å². The van der Waals surface area contributed by atoms with Gasteiger partial charge in [0.05, 0.1) is 4.88 Å². The Labute approximate surface area is 151 Å². The SMILES string of the molecule is O=C(NCCCOCC1CC1)c1cccc(NC(=O)c2cccs2)c1. The number of carbonyl (C=O) groups excluding carboxylic acids is 2. The molecule has 5 nitrogen and oxygen atoms in total. The molecule has 1 aromatic heterocycles. The number of thiophene rings is 1. The minimum atomic E-state index is -0.166. The Bertz CT molecular complexity index is 711. The fourth-order valence-electron chi connectivity index (χ4n) is 2.35. The lowest BCUT2D eigenvalue weighted by Crippen LogP contribution is -2.25. The second-order valence-electron chi connectivity index (χ2n) is 6.14. The summed E-state index contributed by atoms with van der Waals surface area (Å²) in [6, 6.07) is 10.6. The van der Waals surface area contributed by atoms with Gasteiger partial charge in [-0.1, -0.05) is 12.1 Å². The number of hydrogen-bond donors (Lipinski definition) is 2. The Hall–Kier alpha value is -2.18. The number of anilines is 1. The molecule has 0 unspecified atom stereocenters. The quantitative estimate of drug-likeness (QED) is 0.674. The Morgan fingerprint density at radius 3 is 2.80 bits per heavy atom. The molecule has 0 radical (unpaired) electrons. The van der Waals surface area contributed by atoms with Crippen molar-refractivity contribution in [2.24, 2.45) is 5.92 Å². The smallest absolute Gasteiger partial charge is 0.265 e. The molecule has 6 heteroatoms. The third-order valence-corrected chi connectivity index (χ3v) is 4.80. The van der Waals surface area contributed by atoms with Gasteiger partial charge in [0.25, 0.3) is 11.8 Å². The summed E-state index contributed by atoms with van der Waals surface area (Å²) in [5.41, 5.74) is 1.14. The molecule has 1 fully saturated rings. The van der Waals surface area contributed by atoms with Crippen LogP contribution in [0.15, 0.2) is 41.8 Å². The van der Waals surface area contributed by atoms with E-state index in [2.05, 4.69) is 10.6 Å². The maximum atomic E-state index is 12.2. The van der Waals surface area contributed by atoms with Crippen LogP contribution in [-0.2, 0) is 4.74 Å². The van der Waals surface area contributed by atoms with Gasteiger partial charge in [-0.2, -0.15) is 0 Å². The molecule has 2 aromatic rings. The van der Waals surface area contributed by atoms with Crippen LogP contribution in [0.1, 0.15) is 39.3 Å². The minimum Gasteiger partial charge on any atom is -0.381 e. The van der Waals surface area contributed by atoms with Crippen molar-refractivity contribution in [3.63, 3.8) is 0 Å². The average molecular weight is 358 g/mol. The zero-order valence-electron chi connectivity index (χ0n) is 14.0. The van der Waals surface area contributed by atoms with Gasteiger partial charge in [0.15, 0.2) is 0 Å². The average Bonchev–Trinajstić information content (AvgIpc) is 3.27. The van der Waals surface area contributed by atoms with Crippen molar-refractivity contribution in [2.45, 2.75) is 19.3 Å². The normalized spacial score (nSPS) is 13.4. The summed E-state index contributed by atoms with van der Waals surface area (Å²) < 4.78 is 5.55. The lowest BCUT2D eigenvalue weighted by molar-refractivity contribution is 0.0936. The molecule has 1 saturated carbocycles. The summed E-state index contributed by atoms with van der Waals surface area (Å²) in [6.07, 6.45) is 3.37. The molecular weight excluding hydrogens is 336 g/mol. The first-order chi connectivity index (χ1) is 12.2. The van der Waals surface area contributed by atoms with E-state index in [4.69, 9.17) is 4.74 Å². The van der Waals surface area contributed by atoms with Crippen LogP contribution in [0.4, 0.5) is 5.69 Å². The fraction of sp³-hybridized carbons (Fsp3) is 0.368. The van der Waals surface area contributed by atoms with Crippen LogP contribution in [0, 0.1) is 5.92 Å². The molecule has 2 N–H and O–H groups in total. The van der Waals surface area contributed by atoms with Gasteiger partial charge in [0, 0.05) is 31.0 Å². The van der Waals surface area contributed by atoms with Gasteiger partial charge in [-0.3, -0.25) is 9.59 Å². The largest absolute Gasteiger partial charge is 0.381 e. The maximum absolute atomic E-state index is 12.2. The predicted octanol–water partition coefficient (Wildman–Crippen LogP) is 3.55. The molecule has 0 saturated heterocycles. The van der Waals surface area contributed by atoms with Crippen molar-refractivity contribution >= 4 is 28.8 Å². The molecule has 132 valence electrons. The first kappa shape index (κ1) is 17.6. The number of hydrogen-bond acceptors (Lipinski definition) is 4. The third kappa shape index (κ3) is 5.69. The van der Waals surface area contributed by atoms with Gasteiger partial charge < -0.3 is 15.4 Å². The van der Waals surface area contributed by atoms with Crippen LogP contribution < -0.4 is 10.6 Å². The topological polar surface area (TPSA) is 67.4 Å². The number of rotatable bonds is 9. The second kappa shape index (κ2) is 8.78. The van der Waals surface area contributed by atoms with Crippen LogP contribution in [0.25, 0.3) is 0 Å². The zero-order valence-corrected chi connectivity index (χ0v) is 14.8. The summed E-state index contributed by atoms with van der Waals surface area (Å²) in [6.45, 7) is 2.10. The van der Waals surface area contributed by atoms with E-state index in [-0.39, 0.29) is 11.8 Å². The van der Waals surface area contributed by atoms with E-state index >= 15 is 0 Å². The standard InChI is InChI=1S/C19H22N2O3S/c22-18(20-9-3-10-24-13-14-7-8-14)15-4-1-5-16(12-15)21-19(23)17-6-2-11-25-17/h1-2,4-6,11-12,14H,3,7-10,13H2,(H,20,22)(H,21,23). The first-order valence-corrected chi connectivity index (χ1v) is 9.41. The van der Waals surface area contributed by atoms with Gasteiger partial charge in [-0.25, -0.2) is 0 Å². The molecule has 1 heterocycles.